The molecular formula is C48H54N6O8. The Morgan fingerprint density at radius 1 is 0.581 bits per heavy atom. The van der Waals surface area contributed by atoms with Crippen LogP contribution in [0.5, 0.6) is 0 Å². The summed E-state index contributed by atoms with van der Waals surface area (Å²) in [4.78, 5) is 70.7. The SMILES string of the molecule is CC(C)(C)OC(=O)N[C@H](Cc1ccccc1)C(=O)N[C@@H](CCCN=C(NC(=O)OCc1ccccc1)NC(=O)OCc1ccccc1)C(=O)NCCc1ccc2ccccc2c1. The maximum absolute atomic E-state index is 14.0. The zero-order valence-corrected chi connectivity index (χ0v) is 35.2. The standard InChI is InChI=1S/C48H54N6O8/c1-48(2,3)62-47(59)52-41(31-34-16-7-4-8-17-34)43(56)51-40(42(55)49-29-27-35-25-26-38-22-13-14-23-39(38)30-35)24-15-28-50-44(53-45(57)60-32-36-18-9-5-10-19-36)54-46(58)61-33-37-20-11-6-12-21-37/h4-14,16-23,25-26,30,40-41H,15,24,27-29,31-33H2,1-3H3,(H,49,55)(H,51,56)(H,52,59)(H2,50,53,54,57,58)/t40-,41+/m0/s1. The van der Waals surface area contributed by atoms with Gasteiger partial charge in [0.2, 0.25) is 17.8 Å². The van der Waals surface area contributed by atoms with Crippen molar-refractivity contribution in [3.8, 4) is 0 Å². The smallest absolute Gasteiger partial charge is 0.414 e. The van der Waals surface area contributed by atoms with Gasteiger partial charge >= 0.3 is 18.3 Å². The molecule has 14 nitrogen and oxygen atoms in total. The van der Waals surface area contributed by atoms with Crippen molar-refractivity contribution in [3.05, 3.63) is 156 Å². The molecule has 0 heterocycles. The van der Waals surface area contributed by atoms with Crippen LogP contribution in [0.15, 0.2) is 138 Å². The maximum Gasteiger partial charge on any atom is 0.414 e. The highest BCUT2D eigenvalue weighted by atomic mass is 16.6. The van der Waals surface area contributed by atoms with E-state index in [0.717, 1.165) is 33.0 Å². The summed E-state index contributed by atoms with van der Waals surface area (Å²) in [6.07, 6.45) is -1.52. The van der Waals surface area contributed by atoms with E-state index in [1.807, 2.05) is 103 Å². The number of nitrogens with zero attached hydrogens (tertiary/aromatic N) is 1. The summed E-state index contributed by atoms with van der Waals surface area (Å²) in [5.74, 6) is -1.26. The third-order valence-corrected chi connectivity index (χ3v) is 9.24. The maximum atomic E-state index is 14.0. The van der Waals surface area contributed by atoms with Crippen molar-refractivity contribution in [1.29, 1.82) is 0 Å². The summed E-state index contributed by atoms with van der Waals surface area (Å²) in [7, 11) is 0. The minimum absolute atomic E-state index is 0.00755. The van der Waals surface area contributed by atoms with Crippen molar-refractivity contribution in [3.63, 3.8) is 0 Å². The van der Waals surface area contributed by atoms with Crippen molar-refractivity contribution in [2.75, 3.05) is 13.1 Å². The number of carbonyl (C=O) groups is 5. The second kappa shape index (κ2) is 23.5. The van der Waals surface area contributed by atoms with Gasteiger partial charge in [0, 0.05) is 19.5 Å². The van der Waals surface area contributed by atoms with Gasteiger partial charge in [-0.25, -0.2) is 14.4 Å². The number of nitrogens with one attached hydrogen (secondary N) is 5. The Balaban J connectivity index is 1.28. The van der Waals surface area contributed by atoms with E-state index < -0.39 is 47.8 Å². The van der Waals surface area contributed by atoms with Gasteiger partial charge in [0.15, 0.2) is 0 Å². The fourth-order valence-corrected chi connectivity index (χ4v) is 6.21. The number of alkyl carbamates (subject to hydrolysis) is 3. The molecule has 324 valence electrons. The molecule has 0 radical (unpaired) electrons. The molecule has 0 aromatic heterocycles. The van der Waals surface area contributed by atoms with Crippen molar-refractivity contribution in [2.45, 2.75) is 77.4 Å². The van der Waals surface area contributed by atoms with Crippen LogP contribution in [-0.2, 0) is 49.9 Å². The first-order chi connectivity index (χ1) is 29.9. The van der Waals surface area contributed by atoms with Gasteiger partial charge in [-0.15, -0.1) is 0 Å². The molecule has 5 aromatic rings. The van der Waals surface area contributed by atoms with Gasteiger partial charge in [0.25, 0.3) is 0 Å². The first-order valence-corrected chi connectivity index (χ1v) is 20.5. The molecule has 5 N–H and O–H groups in total. The molecular weight excluding hydrogens is 789 g/mol. The van der Waals surface area contributed by atoms with Gasteiger partial charge in [-0.1, -0.05) is 133 Å². The monoisotopic (exact) mass is 842 g/mol. The molecule has 5 aromatic carbocycles. The van der Waals surface area contributed by atoms with Gasteiger partial charge < -0.3 is 30.2 Å². The Morgan fingerprint density at radius 3 is 1.71 bits per heavy atom. The zero-order chi connectivity index (χ0) is 44.2. The summed E-state index contributed by atoms with van der Waals surface area (Å²) in [6.45, 7) is 5.41. The van der Waals surface area contributed by atoms with Crippen molar-refractivity contribution < 1.29 is 38.2 Å². The van der Waals surface area contributed by atoms with Gasteiger partial charge in [0.05, 0.1) is 0 Å². The Hall–Kier alpha value is -7.22. The molecule has 0 unspecified atom stereocenters. The van der Waals surface area contributed by atoms with Crippen LogP contribution in [-0.4, -0.2) is 66.8 Å². The van der Waals surface area contributed by atoms with Gasteiger partial charge in [-0.05, 0) is 73.1 Å². The van der Waals surface area contributed by atoms with Crippen molar-refractivity contribution >= 4 is 46.8 Å². The molecule has 0 spiro atoms. The molecule has 62 heavy (non-hydrogen) atoms. The first kappa shape index (κ1) is 45.9. The van der Waals surface area contributed by atoms with E-state index in [2.05, 4.69) is 37.6 Å². The van der Waals surface area contributed by atoms with E-state index in [0.29, 0.717) is 13.0 Å². The number of guanidine groups is 1. The number of benzene rings is 5. The van der Waals surface area contributed by atoms with E-state index >= 15 is 0 Å². The predicted octanol–water partition coefficient (Wildman–Crippen LogP) is 7.11. The fourth-order valence-electron chi connectivity index (χ4n) is 6.21. The third kappa shape index (κ3) is 16.4. The molecule has 0 fully saturated rings. The van der Waals surface area contributed by atoms with Gasteiger partial charge in [-0.2, -0.15) is 0 Å². The summed E-state index contributed by atoms with van der Waals surface area (Å²) < 4.78 is 16.1. The number of aliphatic imine (C=N–C) groups is 1. The van der Waals surface area contributed by atoms with Crippen LogP contribution in [0.25, 0.3) is 10.8 Å². The predicted molar refractivity (Wildman–Crippen MR) is 237 cm³/mol. The summed E-state index contributed by atoms with van der Waals surface area (Å²) in [5.41, 5.74) is 2.51. The topological polar surface area (TPSA) is 186 Å². The minimum atomic E-state index is -1.08. The minimum Gasteiger partial charge on any atom is -0.444 e. The largest absolute Gasteiger partial charge is 0.444 e. The highest BCUT2D eigenvalue weighted by Crippen LogP contribution is 2.16. The number of carbonyl (C=O) groups excluding carboxylic acids is 5. The lowest BCUT2D eigenvalue weighted by molar-refractivity contribution is -0.130. The molecule has 0 aliphatic rings. The molecule has 14 heteroatoms. The van der Waals surface area contributed by atoms with Crippen LogP contribution in [0.1, 0.15) is 55.9 Å². The third-order valence-electron chi connectivity index (χ3n) is 9.24. The highest BCUT2D eigenvalue weighted by Gasteiger charge is 2.29. The summed E-state index contributed by atoms with van der Waals surface area (Å²) in [6, 6.07) is 39.3. The Bertz CT molecular complexity index is 2210. The lowest BCUT2D eigenvalue weighted by Gasteiger charge is -2.25. The number of hydrogen-bond donors (Lipinski definition) is 5. The van der Waals surface area contributed by atoms with E-state index in [4.69, 9.17) is 14.2 Å². The molecule has 0 bridgehead atoms. The number of rotatable bonds is 17. The lowest BCUT2D eigenvalue weighted by Crippen LogP contribution is -2.55. The molecule has 5 rings (SSSR count). The van der Waals surface area contributed by atoms with E-state index in [9.17, 15) is 24.0 Å². The van der Waals surface area contributed by atoms with E-state index in [1.54, 1.807) is 45.0 Å². The molecule has 5 amide bonds. The van der Waals surface area contributed by atoms with Crippen LogP contribution < -0.4 is 26.6 Å². The zero-order valence-electron chi connectivity index (χ0n) is 35.2. The van der Waals surface area contributed by atoms with Crippen LogP contribution >= 0.6 is 0 Å². The molecule has 0 aliphatic carbocycles. The van der Waals surface area contributed by atoms with Crippen LogP contribution in [0.4, 0.5) is 14.4 Å². The summed E-state index contributed by atoms with van der Waals surface area (Å²) >= 11 is 0. The number of hydrogen-bond acceptors (Lipinski definition) is 9. The lowest BCUT2D eigenvalue weighted by atomic mass is 10.0. The van der Waals surface area contributed by atoms with Crippen molar-refractivity contribution in [2.24, 2.45) is 4.99 Å². The van der Waals surface area contributed by atoms with Crippen LogP contribution in [0.2, 0.25) is 0 Å². The number of fused-ring (bicyclic) bond motifs is 1. The Labute approximate surface area is 361 Å². The summed E-state index contributed by atoms with van der Waals surface area (Å²) in [5, 5.41) is 15.6. The fraction of sp³-hybridized carbons (Fsp3) is 0.292. The molecule has 2 atom stereocenters. The van der Waals surface area contributed by atoms with Crippen LogP contribution in [0.3, 0.4) is 0 Å². The second-order valence-corrected chi connectivity index (χ2v) is 15.4. The molecule has 0 saturated heterocycles. The first-order valence-electron chi connectivity index (χ1n) is 20.5. The average Bonchev–Trinajstić information content (AvgIpc) is 3.26. The average molecular weight is 843 g/mol. The van der Waals surface area contributed by atoms with Crippen molar-refractivity contribution in [1.82, 2.24) is 26.6 Å². The Morgan fingerprint density at radius 2 is 1.13 bits per heavy atom. The van der Waals surface area contributed by atoms with Crippen LogP contribution in [0, 0.1) is 0 Å². The van der Waals surface area contributed by atoms with Gasteiger partial charge in [0.1, 0.15) is 30.9 Å². The number of ether oxygens (including phenoxy) is 3. The highest BCUT2D eigenvalue weighted by molar-refractivity contribution is 6.01. The number of amides is 5. The quantitative estimate of drug-likeness (QED) is 0.0284. The Kier molecular flexibility index (Phi) is 17.4. The molecule has 0 aliphatic heterocycles. The van der Waals surface area contributed by atoms with E-state index in [1.165, 1.54) is 0 Å². The normalized spacial score (nSPS) is 11.9. The molecule has 0 saturated carbocycles. The van der Waals surface area contributed by atoms with E-state index in [-0.39, 0.29) is 45.0 Å². The second-order valence-electron chi connectivity index (χ2n) is 15.4. The van der Waals surface area contributed by atoms with Gasteiger partial charge in [-0.3, -0.25) is 25.2 Å².